The van der Waals surface area contributed by atoms with Crippen molar-refractivity contribution in [3.63, 3.8) is 0 Å². The standard InChI is InChI=1S/C26H33N5O3S/c1-17-6-7-19(12-18(17)2)20-15-35-24-23(20)25(34)31(16-27-24)14-22(33)30-10-8-29(9-11-30)13-21(32)28-26(3,4)5/h6-7,12,15-16H,8-11,13-14H2,1-5H3,(H,28,32). The monoisotopic (exact) mass is 495 g/mol. The van der Waals surface area contributed by atoms with Crippen molar-refractivity contribution in [3.8, 4) is 11.1 Å². The molecule has 1 fully saturated rings. The highest BCUT2D eigenvalue weighted by molar-refractivity contribution is 7.17. The first-order valence-corrected chi connectivity index (χ1v) is 12.8. The predicted molar refractivity (Wildman–Crippen MR) is 140 cm³/mol. The van der Waals surface area contributed by atoms with Gasteiger partial charge in [-0.3, -0.25) is 23.9 Å². The van der Waals surface area contributed by atoms with E-state index in [1.54, 1.807) is 4.90 Å². The lowest BCUT2D eigenvalue weighted by Crippen LogP contribution is -2.53. The number of carbonyl (C=O) groups is 2. The molecule has 0 aliphatic carbocycles. The van der Waals surface area contributed by atoms with E-state index >= 15 is 0 Å². The number of hydrogen-bond donors (Lipinski definition) is 1. The fourth-order valence-corrected chi connectivity index (χ4v) is 5.17. The SMILES string of the molecule is Cc1ccc(-c2csc3ncn(CC(=O)N4CCN(CC(=O)NC(C)(C)C)CC4)c(=O)c23)cc1C. The molecule has 0 unspecified atom stereocenters. The molecule has 1 aliphatic heterocycles. The van der Waals surface area contributed by atoms with Gasteiger partial charge in [0.15, 0.2) is 0 Å². The van der Waals surface area contributed by atoms with E-state index in [1.165, 1.54) is 27.8 Å². The van der Waals surface area contributed by atoms with E-state index in [0.717, 1.165) is 16.7 Å². The first-order valence-electron chi connectivity index (χ1n) is 11.9. The van der Waals surface area contributed by atoms with Crippen LogP contribution in [0.3, 0.4) is 0 Å². The van der Waals surface area contributed by atoms with Crippen molar-refractivity contribution in [2.24, 2.45) is 0 Å². The largest absolute Gasteiger partial charge is 0.350 e. The van der Waals surface area contributed by atoms with Crippen LogP contribution < -0.4 is 10.9 Å². The maximum absolute atomic E-state index is 13.3. The molecule has 1 aromatic carbocycles. The van der Waals surface area contributed by atoms with E-state index in [2.05, 4.69) is 36.3 Å². The number of piperazine rings is 1. The molecule has 35 heavy (non-hydrogen) atoms. The van der Waals surface area contributed by atoms with Crippen LogP contribution in [0.25, 0.3) is 21.3 Å². The lowest BCUT2D eigenvalue weighted by Gasteiger charge is -2.35. The van der Waals surface area contributed by atoms with Crippen LogP contribution in [0.4, 0.5) is 0 Å². The molecule has 0 spiro atoms. The molecule has 8 nitrogen and oxygen atoms in total. The number of thiophene rings is 1. The Morgan fingerprint density at radius 1 is 1.06 bits per heavy atom. The minimum atomic E-state index is -0.266. The number of aryl methyl sites for hydroxylation is 2. The van der Waals surface area contributed by atoms with E-state index in [9.17, 15) is 14.4 Å². The highest BCUT2D eigenvalue weighted by Crippen LogP contribution is 2.31. The van der Waals surface area contributed by atoms with Gasteiger partial charge in [0.1, 0.15) is 11.4 Å². The van der Waals surface area contributed by atoms with Crippen LogP contribution in [0.1, 0.15) is 31.9 Å². The predicted octanol–water partition coefficient (Wildman–Crippen LogP) is 2.80. The number of amides is 2. The van der Waals surface area contributed by atoms with Crippen molar-refractivity contribution >= 4 is 33.4 Å². The summed E-state index contributed by atoms with van der Waals surface area (Å²) in [6.45, 7) is 12.5. The Labute approximate surface area is 209 Å². The Morgan fingerprint density at radius 2 is 1.77 bits per heavy atom. The molecule has 3 heterocycles. The second-order valence-electron chi connectivity index (χ2n) is 10.3. The summed E-state index contributed by atoms with van der Waals surface area (Å²) in [6.07, 6.45) is 1.47. The van der Waals surface area contributed by atoms with E-state index < -0.39 is 0 Å². The smallest absolute Gasteiger partial charge is 0.263 e. The molecular weight excluding hydrogens is 462 g/mol. The van der Waals surface area contributed by atoms with Gasteiger partial charge in [0.2, 0.25) is 11.8 Å². The maximum Gasteiger partial charge on any atom is 0.263 e. The summed E-state index contributed by atoms with van der Waals surface area (Å²) in [5.74, 6) is -0.131. The molecule has 0 radical (unpaired) electrons. The molecule has 0 saturated carbocycles. The van der Waals surface area contributed by atoms with Gasteiger partial charge < -0.3 is 10.2 Å². The van der Waals surface area contributed by atoms with Gasteiger partial charge in [-0.1, -0.05) is 18.2 Å². The molecule has 2 amide bonds. The van der Waals surface area contributed by atoms with Crippen LogP contribution >= 0.6 is 11.3 Å². The third kappa shape index (κ3) is 5.79. The number of carbonyl (C=O) groups excluding carboxylic acids is 2. The highest BCUT2D eigenvalue weighted by atomic mass is 32.1. The third-order valence-corrected chi connectivity index (χ3v) is 7.18. The number of fused-ring (bicyclic) bond motifs is 1. The van der Waals surface area contributed by atoms with Crippen LogP contribution in [0.2, 0.25) is 0 Å². The zero-order valence-electron chi connectivity index (χ0n) is 21.1. The molecule has 1 N–H and O–H groups in total. The van der Waals surface area contributed by atoms with Gasteiger partial charge in [-0.2, -0.15) is 0 Å². The summed E-state index contributed by atoms with van der Waals surface area (Å²) < 4.78 is 1.41. The number of nitrogens with zero attached hydrogens (tertiary/aromatic N) is 4. The Balaban J connectivity index is 1.44. The Hall–Kier alpha value is -3.04. The first-order chi connectivity index (χ1) is 16.5. The Kier molecular flexibility index (Phi) is 7.10. The zero-order chi connectivity index (χ0) is 25.3. The summed E-state index contributed by atoms with van der Waals surface area (Å²) in [4.78, 5) is 47.5. The summed E-state index contributed by atoms with van der Waals surface area (Å²) in [5.41, 5.74) is 3.73. The van der Waals surface area contributed by atoms with Gasteiger partial charge in [0.05, 0.1) is 18.3 Å². The number of rotatable bonds is 5. The second kappa shape index (κ2) is 9.91. The fourth-order valence-electron chi connectivity index (χ4n) is 4.26. The summed E-state index contributed by atoms with van der Waals surface area (Å²) in [6, 6.07) is 6.16. The Morgan fingerprint density at radius 3 is 2.43 bits per heavy atom. The average Bonchev–Trinajstić information content (AvgIpc) is 3.21. The molecule has 0 atom stereocenters. The number of benzene rings is 1. The second-order valence-corrected chi connectivity index (χ2v) is 11.1. The molecule has 2 aromatic heterocycles. The minimum absolute atomic E-state index is 0.0152. The Bertz CT molecular complexity index is 1310. The van der Waals surface area contributed by atoms with Crippen LogP contribution in [-0.4, -0.2) is 69.4 Å². The molecule has 0 bridgehead atoms. The molecule has 4 rings (SSSR count). The van der Waals surface area contributed by atoms with Crippen LogP contribution in [0.5, 0.6) is 0 Å². The van der Waals surface area contributed by atoms with Crippen molar-refractivity contribution in [1.82, 2.24) is 24.7 Å². The maximum atomic E-state index is 13.3. The van der Waals surface area contributed by atoms with Crippen molar-refractivity contribution in [1.29, 1.82) is 0 Å². The van der Waals surface area contributed by atoms with Crippen molar-refractivity contribution in [3.05, 3.63) is 51.4 Å². The summed E-state index contributed by atoms with van der Waals surface area (Å²) >= 11 is 1.44. The normalized spacial score (nSPS) is 14.9. The van der Waals surface area contributed by atoms with Gasteiger partial charge in [0.25, 0.3) is 5.56 Å². The highest BCUT2D eigenvalue weighted by Gasteiger charge is 2.24. The molecule has 186 valence electrons. The van der Waals surface area contributed by atoms with Crippen molar-refractivity contribution < 1.29 is 9.59 Å². The molecule has 9 heteroatoms. The molecule has 3 aromatic rings. The number of nitrogens with one attached hydrogen (secondary N) is 1. The number of aromatic nitrogens is 2. The topological polar surface area (TPSA) is 87.5 Å². The summed E-state index contributed by atoms with van der Waals surface area (Å²) in [5, 5.41) is 5.49. The molecule has 1 aliphatic rings. The van der Waals surface area contributed by atoms with Crippen LogP contribution in [0.15, 0.2) is 34.7 Å². The van der Waals surface area contributed by atoms with Gasteiger partial charge in [-0.05, 0) is 51.3 Å². The first kappa shape index (κ1) is 25.1. The lowest BCUT2D eigenvalue weighted by molar-refractivity contribution is -0.134. The van der Waals surface area contributed by atoms with E-state index in [-0.39, 0.29) is 29.5 Å². The van der Waals surface area contributed by atoms with E-state index in [4.69, 9.17) is 0 Å². The average molecular weight is 496 g/mol. The van der Waals surface area contributed by atoms with E-state index in [1.807, 2.05) is 37.1 Å². The van der Waals surface area contributed by atoms with Gasteiger partial charge in [-0.15, -0.1) is 11.3 Å². The van der Waals surface area contributed by atoms with Gasteiger partial charge >= 0.3 is 0 Å². The quantitative estimate of drug-likeness (QED) is 0.588. The van der Waals surface area contributed by atoms with Crippen molar-refractivity contribution in [2.45, 2.75) is 46.7 Å². The molecular formula is C26H33N5O3S. The summed E-state index contributed by atoms with van der Waals surface area (Å²) in [7, 11) is 0. The minimum Gasteiger partial charge on any atom is -0.350 e. The fraction of sp³-hybridized carbons (Fsp3) is 0.462. The third-order valence-electron chi connectivity index (χ3n) is 6.29. The van der Waals surface area contributed by atoms with Crippen LogP contribution in [0, 0.1) is 13.8 Å². The lowest BCUT2D eigenvalue weighted by atomic mass is 10.0. The number of hydrogen-bond acceptors (Lipinski definition) is 6. The zero-order valence-corrected chi connectivity index (χ0v) is 21.9. The molecule has 1 saturated heterocycles. The van der Waals surface area contributed by atoms with E-state index in [0.29, 0.717) is 42.9 Å². The van der Waals surface area contributed by atoms with Gasteiger partial charge in [-0.25, -0.2) is 4.98 Å². The van der Waals surface area contributed by atoms with Crippen molar-refractivity contribution in [2.75, 3.05) is 32.7 Å². The van der Waals surface area contributed by atoms with Crippen LogP contribution in [-0.2, 0) is 16.1 Å². The van der Waals surface area contributed by atoms with Gasteiger partial charge in [0, 0.05) is 42.7 Å².